The molecule has 0 fully saturated rings. The molecular weight excluding hydrogens is 254 g/mol. The van der Waals surface area contributed by atoms with Crippen LogP contribution >= 0.6 is 0 Å². The van der Waals surface area contributed by atoms with Crippen molar-refractivity contribution in [2.24, 2.45) is 0 Å². The first-order chi connectivity index (χ1) is 5.40. The summed E-state index contributed by atoms with van der Waals surface area (Å²) in [4.78, 5) is 0. The van der Waals surface area contributed by atoms with E-state index in [9.17, 15) is 0 Å². The summed E-state index contributed by atoms with van der Waals surface area (Å²) in [5.41, 5.74) is 0. The second kappa shape index (κ2) is 2.84. The predicted octanol–water partition coefficient (Wildman–Crippen LogP) is 1.30. The Hall–Kier alpha value is -0.520. The van der Waals surface area contributed by atoms with Crippen molar-refractivity contribution in [1.82, 2.24) is 3.21 Å². The summed E-state index contributed by atoms with van der Waals surface area (Å²) in [7, 11) is 1.69. The molecule has 0 aliphatic heterocycles. The van der Waals surface area contributed by atoms with Gasteiger partial charge in [0.1, 0.15) is 0 Å². The molecule has 0 spiro atoms. The van der Waals surface area contributed by atoms with E-state index in [-0.39, 0.29) is 20.7 Å². The van der Waals surface area contributed by atoms with Gasteiger partial charge in [0.05, 0.1) is 0 Å². The first kappa shape index (κ1) is 7.15. The molecule has 0 amide bonds. The zero-order valence-electron chi connectivity index (χ0n) is 6.07. The summed E-state index contributed by atoms with van der Waals surface area (Å²) in [6.45, 7) is 0. The molecule has 2 nitrogen and oxygen atoms in total. The molecule has 0 unspecified atom stereocenters. The van der Waals surface area contributed by atoms with Crippen molar-refractivity contribution in [2.75, 3.05) is 7.11 Å². The molecule has 0 radical (unpaired) electrons. The van der Waals surface area contributed by atoms with Crippen LogP contribution in [0.2, 0.25) is 0 Å². The van der Waals surface area contributed by atoms with Gasteiger partial charge in [-0.05, 0) is 0 Å². The molecule has 0 N–H and O–H groups in total. The zero-order chi connectivity index (χ0) is 7.68. The molecule has 1 heterocycles. The number of nitrogens with zero attached hydrogens (tertiary/aromatic N) is 1. The Balaban J connectivity index is 2.67. The predicted molar refractivity (Wildman–Crippen MR) is 45.2 cm³/mol. The molecule has 56 valence electrons. The fraction of sp³-hybridized carbons (Fsp3) is 0.125. The van der Waals surface area contributed by atoms with Crippen molar-refractivity contribution in [1.29, 1.82) is 0 Å². The van der Waals surface area contributed by atoms with E-state index in [0.717, 1.165) is 5.75 Å². The van der Waals surface area contributed by atoms with Gasteiger partial charge >= 0.3 is 74.7 Å². The molecule has 1 aromatic heterocycles. The summed E-state index contributed by atoms with van der Waals surface area (Å²) in [6, 6.07) is 6.13. The SMILES string of the molecule is COc1ccc2cn[te]c2c1. The molecule has 0 aliphatic carbocycles. The monoisotopic (exact) mass is 263 g/mol. The van der Waals surface area contributed by atoms with Gasteiger partial charge in [-0.15, -0.1) is 0 Å². The number of hydrogen-bond donors (Lipinski definition) is 0. The Labute approximate surface area is 74.8 Å². The molecule has 11 heavy (non-hydrogen) atoms. The zero-order valence-corrected chi connectivity index (χ0v) is 8.40. The summed E-state index contributed by atoms with van der Waals surface area (Å²) >= 11 is -0.276. The summed E-state index contributed by atoms with van der Waals surface area (Å²) in [5.74, 6) is 0.944. The number of rotatable bonds is 1. The number of methoxy groups -OCH3 is 1. The molecule has 3 heteroatoms. The van der Waals surface area contributed by atoms with Crippen molar-refractivity contribution in [3.63, 3.8) is 0 Å². The molecule has 0 bridgehead atoms. The number of ether oxygens (including phenoxy) is 1. The van der Waals surface area contributed by atoms with Gasteiger partial charge in [-0.25, -0.2) is 0 Å². The Bertz CT molecular complexity index is 369. The molecule has 2 aromatic rings. The Morgan fingerprint density at radius 3 is 3.18 bits per heavy atom. The van der Waals surface area contributed by atoms with Crippen LogP contribution in [0.15, 0.2) is 24.4 Å². The van der Waals surface area contributed by atoms with E-state index in [1.807, 2.05) is 12.3 Å². The molecule has 0 aliphatic rings. The third-order valence-corrected chi connectivity index (χ3v) is 3.74. The number of hydrogen-bond acceptors (Lipinski definition) is 2. The topological polar surface area (TPSA) is 22.1 Å². The van der Waals surface area contributed by atoms with Gasteiger partial charge in [-0.3, -0.25) is 0 Å². The van der Waals surface area contributed by atoms with E-state index in [0.29, 0.717) is 0 Å². The van der Waals surface area contributed by atoms with Gasteiger partial charge in [-0.1, -0.05) is 0 Å². The van der Waals surface area contributed by atoms with E-state index in [2.05, 4.69) is 15.3 Å². The van der Waals surface area contributed by atoms with Crippen LogP contribution in [0, 0.1) is 0 Å². The molecule has 0 saturated carbocycles. The standard InChI is InChI=1S/C8H7NOTe/c1-10-7-3-2-6-5-9-11-8(6)4-7/h2-5H,1H3. The normalized spacial score (nSPS) is 10.3. The van der Waals surface area contributed by atoms with E-state index in [1.54, 1.807) is 7.11 Å². The summed E-state index contributed by atoms with van der Waals surface area (Å²) < 4.78 is 10.8. The van der Waals surface area contributed by atoms with Gasteiger partial charge in [-0.2, -0.15) is 0 Å². The maximum absolute atomic E-state index is 5.10. The summed E-state index contributed by atoms with van der Waals surface area (Å²) in [5, 5.41) is 1.27. The van der Waals surface area contributed by atoms with Crippen LogP contribution in [0.4, 0.5) is 0 Å². The summed E-state index contributed by atoms with van der Waals surface area (Å²) in [6.07, 6.45) is 1.96. The third kappa shape index (κ3) is 1.26. The number of fused-ring (bicyclic) bond motifs is 1. The molecule has 0 saturated heterocycles. The van der Waals surface area contributed by atoms with Crippen molar-refractivity contribution < 1.29 is 4.74 Å². The maximum atomic E-state index is 5.10. The van der Waals surface area contributed by atoms with Crippen LogP contribution in [0.1, 0.15) is 0 Å². The van der Waals surface area contributed by atoms with Gasteiger partial charge in [0.25, 0.3) is 0 Å². The number of benzene rings is 1. The minimum absolute atomic E-state index is 0.276. The quantitative estimate of drug-likeness (QED) is 0.721. The minimum atomic E-state index is -0.276. The van der Waals surface area contributed by atoms with Crippen LogP contribution in [0.25, 0.3) is 8.79 Å². The van der Waals surface area contributed by atoms with Crippen molar-refractivity contribution in [2.45, 2.75) is 0 Å². The fourth-order valence-electron chi connectivity index (χ4n) is 0.967. The van der Waals surface area contributed by atoms with Crippen molar-refractivity contribution >= 4 is 29.5 Å². The van der Waals surface area contributed by atoms with Crippen molar-refractivity contribution in [3.8, 4) is 5.75 Å². The fourth-order valence-corrected chi connectivity index (χ4v) is 2.89. The average molecular weight is 261 g/mol. The van der Waals surface area contributed by atoms with Gasteiger partial charge < -0.3 is 0 Å². The van der Waals surface area contributed by atoms with Crippen LogP contribution in [-0.4, -0.2) is 31.0 Å². The third-order valence-electron chi connectivity index (χ3n) is 1.56. The first-order valence-corrected chi connectivity index (χ1v) is 5.49. The van der Waals surface area contributed by atoms with Gasteiger partial charge in [0.15, 0.2) is 0 Å². The average Bonchev–Trinajstić information content (AvgIpc) is 2.50. The molecule has 1 aromatic carbocycles. The second-order valence-corrected chi connectivity index (χ2v) is 4.61. The van der Waals surface area contributed by atoms with Gasteiger partial charge in [0.2, 0.25) is 0 Å². The van der Waals surface area contributed by atoms with Crippen LogP contribution < -0.4 is 4.74 Å². The van der Waals surface area contributed by atoms with E-state index in [1.165, 1.54) is 8.79 Å². The number of aromatic nitrogens is 1. The Morgan fingerprint density at radius 2 is 2.36 bits per heavy atom. The Kier molecular flexibility index (Phi) is 1.85. The molecular formula is C8H7NOTe. The molecule has 2 rings (SSSR count). The van der Waals surface area contributed by atoms with E-state index >= 15 is 0 Å². The van der Waals surface area contributed by atoms with Crippen LogP contribution in [-0.2, 0) is 0 Å². The Morgan fingerprint density at radius 1 is 1.45 bits per heavy atom. The van der Waals surface area contributed by atoms with Gasteiger partial charge in [0, 0.05) is 0 Å². The second-order valence-electron chi connectivity index (χ2n) is 2.23. The first-order valence-electron chi connectivity index (χ1n) is 3.28. The van der Waals surface area contributed by atoms with E-state index in [4.69, 9.17) is 4.74 Å². The van der Waals surface area contributed by atoms with Crippen molar-refractivity contribution in [3.05, 3.63) is 24.4 Å². The molecule has 0 atom stereocenters. The van der Waals surface area contributed by atoms with E-state index < -0.39 is 0 Å². The van der Waals surface area contributed by atoms with Crippen LogP contribution in [0.3, 0.4) is 0 Å². The van der Waals surface area contributed by atoms with Crippen LogP contribution in [0.5, 0.6) is 5.75 Å².